The van der Waals surface area contributed by atoms with Gasteiger partial charge in [-0.3, -0.25) is 4.79 Å². The standard InChI is InChI=1S/C17H21BrN4O/c1-11(2)8-9-19-16(23)15-10-12(3)20-17(22-15)21-14-6-4-13(18)5-7-14/h4-7,10-11H,8-9H2,1-3H3,(H,19,23)(H,20,21,22). The highest BCUT2D eigenvalue weighted by Gasteiger charge is 2.10. The van der Waals surface area contributed by atoms with Gasteiger partial charge in [0, 0.05) is 22.4 Å². The number of halogens is 1. The molecule has 0 aliphatic rings. The molecule has 0 saturated heterocycles. The predicted molar refractivity (Wildman–Crippen MR) is 96.0 cm³/mol. The summed E-state index contributed by atoms with van der Waals surface area (Å²) in [5.74, 6) is 0.799. The molecular weight excluding hydrogens is 356 g/mol. The summed E-state index contributed by atoms with van der Waals surface area (Å²) in [6.45, 7) is 6.75. The van der Waals surface area contributed by atoms with Crippen LogP contribution in [-0.2, 0) is 0 Å². The molecule has 5 nitrogen and oxygen atoms in total. The highest BCUT2D eigenvalue weighted by atomic mass is 79.9. The molecule has 0 bridgehead atoms. The number of nitrogens with zero attached hydrogens (tertiary/aromatic N) is 2. The Morgan fingerprint density at radius 3 is 2.57 bits per heavy atom. The Kier molecular flexibility index (Phi) is 6.10. The number of benzene rings is 1. The number of anilines is 2. The molecule has 122 valence electrons. The normalized spacial score (nSPS) is 10.7. The fourth-order valence-corrected chi connectivity index (χ4v) is 2.23. The van der Waals surface area contributed by atoms with Crippen molar-refractivity contribution >= 4 is 33.5 Å². The Hall–Kier alpha value is -1.95. The van der Waals surface area contributed by atoms with Crippen molar-refractivity contribution in [1.29, 1.82) is 0 Å². The van der Waals surface area contributed by atoms with E-state index in [0.717, 1.165) is 22.3 Å². The molecule has 1 heterocycles. The molecule has 1 amide bonds. The topological polar surface area (TPSA) is 66.9 Å². The second kappa shape index (κ2) is 8.06. The molecule has 2 aromatic rings. The minimum atomic E-state index is -0.171. The molecule has 0 radical (unpaired) electrons. The summed E-state index contributed by atoms with van der Waals surface area (Å²) in [6.07, 6.45) is 0.944. The molecular formula is C17H21BrN4O. The summed E-state index contributed by atoms with van der Waals surface area (Å²) in [5.41, 5.74) is 1.99. The van der Waals surface area contributed by atoms with E-state index in [9.17, 15) is 4.79 Å². The molecule has 0 aliphatic heterocycles. The van der Waals surface area contributed by atoms with Gasteiger partial charge in [0.1, 0.15) is 5.69 Å². The number of nitrogens with one attached hydrogen (secondary N) is 2. The second-order valence-electron chi connectivity index (χ2n) is 5.79. The summed E-state index contributed by atoms with van der Waals surface area (Å²) < 4.78 is 0.999. The number of rotatable bonds is 6. The van der Waals surface area contributed by atoms with Crippen molar-refractivity contribution in [3.8, 4) is 0 Å². The first kappa shape index (κ1) is 17.4. The lowest BCUT2D eigenvalue weighted by Crippen LogP contribution is -2.26. The van der Waals surface area contributed by atoms with Crippen molar-refractivity contribution in [2.75, 3.05) is 11.9 Å². The highest BCUT2D eigenvalue weighted by Crippen LogP contribution is 2.17. The minimum Gasteiger partial charge on any atom is -0.351 e. The zero-order chi connectivity index (χ0) is 16.8. The van der Waals surface area contributed by atoms with Crippen LogP contribution in [-0.4, -0.2) is 22.4 Å². The average Bonchev–Trinajstić information content (AvgIpc) is 2.48. The SMILES string of the molecule is Cc1cc(C(=O)NCCC(C)C)nc(Nc2ccc(Br)cc2)n1. The Bertz CT molecular complexity index is 671. The van der Waals surface area contributed by atoms with Crippen molar-refractivity contribution in [2.24, 2.45) is 5.92 Å². The number of hydrogen-bond acceptors (Lipinski definition) is 4. The summed E-state index contributed by atoms with van der Waals surface area (Å²) in [7, 11) is 0. The van der Waals surface area contributed by atoms with Gasteiger partial charge in [-0.25, -0.2) is 9.97 Å². The molecule has 0 aliphatic carbocycles. The van der Waals surface area contributed by atoms with E-state index in [-0.39, 0.29) is 5.91 Å². The number of aryl methyl sites for hydroxylation is 1. The van der Waals surface area contributed by atoms with Crippen LogP contribution >= 0.6 is 15.9 Å². The first-order valence-corrected chi connectivity index (χ1v) is 8.40. The molecule has 6 heteroatoms. The van der Waals surface area contributed by atoms with Crippen molar-refractivity contribution < 1.29 is 4.79 Å². The Balaban J connectivity index is 2.08. The molecule has 0 atom stereocenters. The van der Waals surface area contributed by atoms with Crippen LogP contribution in [0.25, 0.3) is 0 Å². The van der Waals surface area contributed by atoms with E-state index in [1.165, 1.54) is 0 Å². The van der Waals surface area contributed by atoms with Crippen molar-refractivity contribution in [1.82, 2.24) is 15.3 Å². The van der Waals surface area contributed by atoms with Gasteiger partial charge in [0.05, 0.1) is 0 Å². The van der Waals surface area contributed by atoms with Gasteiger partial charge in [-0.05, 0) is 49.6 Å². The number of aromatic nitrogens is 2. The maximum absolute atomic E-state index is 12.2. The smallest absolute Gasteiger partial charge is 0.270 e. The van der Waals surface area contributed by atoms with E-state index in [0.29, 0.717) is 24.1 Å². The third kappa shape index (κ3) is 5.63. The van der Waals surface area contributed by atoms with Gasteiger partial charge in [-0.15, -0.1) is 0 Å². The monoisotopic (exact) mass is 376 g/mol. The van der Waals surface area contributed by atoms with Crippen LogP contribution in [0.15, 0.2) is 34.8 Å². The van der Waals surface area contributed by atoms with Gasteiger partial charge >= 0.3 is 0 Å². The largest absolute Gasteiger partial charge is 0.351 e. The van der Waals surface area contributed by atoms with Gasteiger partial charge in [-0.2, -0.15) is 0 Å². The van der Waals surface area contributed by atoms with Crippen LogP contribution in [0.5, 0.6) is 0 Å². The summed E-state index contributed by atoms with van der Waals surface area (Å²) in [4.78, 5) is 20.8. The first-order chi connectivity index (χ1) is 10.9. The summed E-state index contributed by atoms with van der Waals surface area (Å²) in [5, 5.41) is 6.01. The Morgan fingerprint density at radius 2 is 1.91 bits per heavy atom. The van der Waals surface area contributed by atoms with E-state index >= 15 is 0 Å². The van der Waals surface area contributed by atoms with Crippen molar-refractivity contribution in [3.05, 3.63) is 46.2 Å². The lowest BCUT2D eigenvalue weighted by Gasteiger charge is -2.10. The van der Waals surface area contributed by atoms with E-state index < -0.39 is 0 Å². The first-order valence-electron chi connectivity index (χ1n) is 7.60. The van der Waals surface area contributed by atoms with Gasteiger partial charge in [-0.1, -0.05) is 29.8 Å². The predicted octanol–water partition coefficient (Wildman–Crippen LogP) is 4.07. The number of amides is 1. The zero-order valence-electron chi connectivity index (χ0n) is 13.6. The van der Waals surface area contributed by atoms with Gasteiger partial charge < -0.3 is 10.6 Å². The zero-order valence-corrected chi connectivity index (χ0v) is 15.1. The van der Waals surface area contributed by atoms with Crippen LogP contribution in [0, 0.1) is 12.8 Å². The number of carbonyl (C=O) groups excluding carboxylic acids is 1. The fraction of sp³-hybridized carbons (Fsp3) is 0.353. The molecule has 1 aromatic carbocycles. The van der Waals surface area contributed by atoms with E-state index in [2.05, 4.69) is 50.4 Å². The van der Waals surface area contributed by atoms with Gasteiger partial charge in [0.15, 0.2) is 0 Å². The average molecular weight is 377 g/mol. The fourth-order valence-electron chi connectivity index (χ4n) is 1.97. The van der Waals surface area contributed by atoms with E-state index in [1.54, 1.807) is 6.07 Å². The lowest BCUT2D eigenvalue weighted by molar-refractivity contribution is 0.0947. The summed E-state index contributed by atoms with van der Waals surface area (Å²) in [6, 6.07) is 9.38. The third-order valence-electron chi connectivity index (χ3n) is 3.19. The second-order valence-corrected chi connectivity index (χ2v) is 6.70. The maximum atomic E-state index is 12.2. The molecule has 0 unspecified atom stereocenters. The highest BCUT2D eigenvalue weighted by molar-refractivity contribution is 9.10. The molecule has 23 heavy (non-hydrogen) atoms. The van der Waals surface area contributed by atoms with Crippen LogP contribution in [0.1, 0.15) is 36.5 Å². The van der Waals surface area contributed by atoms with E-state index in [1.807, 2.05) is 31.2 Å². The lowest BCUT2D eigenvalue weighted by atomic mass is 10.1. The minimum absolute atomic E-state index is 0.171. The molecule has 2 rings (SSSR count). The molecule has 0 saturated carbocycles. The number of carbonyl (C=O) groups is 1. The van der Waals surface area contributed by atoms with Crippen LogP contribution in [0.2, 0.25) is 0 Å². The third-order valence-corrected chi connectivity index (χ3v) is 3.72. The summed E-state index contributed by atoms with van der Waals surface area (Å²) >= 11 is 3.40. The van der Waals surface area contributed by atoms with Crippen molar-refractivity contribution in [2.45, 2.75) is 27.2 Å². The number of hydrogen-bond donors (Lipinski definition) is 2. The van der Waals surface area contributed by atoms with Crippen LogP contribution in [0.4, 0.5) is 11.6 Å². The molecule has 2 N–H and O–H groups in total. The molecule has 0 spiro atoms. The quantitative estimate of drug-likeness (QED) is 0.797. The van der Waals surface area contributed by atoms with Crippen LogP contribution in [0.3, 0.4) is 0 Å². The van der Waals surface area contributed by atoms with Crippen molar-refractivity contribution in [3.63, 3.8) is 0 Å². The molecule has 1 aromatic heterocycles. The maximum Gasteiger partial charge on any atom is 0.270 e. The van der Waals surface area contributed by atoms with Gasteiger partial charge in [0.25, 0.3) is 5.91 Å². The van der Waals surface area contributed by atoms with E-state index in [4.69, 9.17) is 0 Å². The van der Waals surface area contributed by atoms with Crippen LogP contribution < -0.4 is 10.6 Å². The Morgan fingerprint density at radius 1 is 1.22 bits per heavy atom. The Labute approximate surface area is 145 Å². The molecule has 0 fully saturated rings. The van der Waals surface area contributed by atoms with Gasteiger partial charge in [0.2, 0.25) is 5.95 Å².